The Labute approximate surface area is 273 Å². The lowest BCUT2D eigenvalue weighted by atomic mass is 10.0. The number of nitrogens with one attached hydrogen (secondary N) is 1. The molecule has 0 unspecified atom stereocenters. The van der Waals surface area contributed by atoms with Crippen LogP contribution in [0.5, 0.6) is 0 Å². The molecule has 0 radical (unpaired) electrons. The van der Waals surface area contributed by atoms with Gasteiger partial charge in [0.05, 0.1) is 10.6 Å². The molecular weight excluding hydrogens is 662 g/mol. The van der Waals surface area contributed by atoms with E-state index in [4.69, 9.17) is 11.6 Å². The van der Waals surface area contributed by atoms with E-state index in [1.165, 1.54) is 23.1 Å². The number of halogens is 2. The van der Waals surface area contributed by atoms with E-state index < -0.39 is 28.5 Å². The maximum Gasteiger partial charge on any atom is 0.264 e. The van der Waals surface area contributed by atoms with Crippen LogP contribution in [-0.4, -0.2) is 43.8 Å². The van der Waals surface area contributed by atoms with Crippen molar-refractivity contribution < 1.29 is 18.0 Å². The van der Waals surface area contributed by atoms with Gasteiger partial charge in [-0.1, -0.05) is 101 Å². The molecule has 10 heteroatoms. The van der Waals surface area contributed by atoms with Gasteiger partial charge in [-0.15, -0.1) is 0 Å². The first-order valence-corrected chi connectivity index (χ1v) is 16.9. The fourth-order valence-corrected chi connectivity index (χ4v) is 6.76. The van der Waals surface area contributed by atoms with Crippen molar-refractivity contribution in [1.82, 2.24) is 10.2 Å². The molecule has 4 aromatic rings. The summed E-state index contributed by atoms with van der Waals surface area (Å²) in [6.45, 7) is 3.41. The molecule has 0 aliphatic rings. The fraction of sp³-hybridized carbons (Fsp3) is 0.235. The SMILES string of the molecule is CC[C@H](C)NC(=O)[C@@H](Cc1ccccc1)N(Cc1cccc(Br)c1)C(=O)CN(c1cccc(Cl)c1)S(=O)(=O)c1ccccc1. The lowest BCUT2D eigenvalue weighted by Crippen LogP contribution is -2.54. The first kappa shape index (κ1) is 33.2. The molecule has 0 aliphatic heterocycles. The van der Waals surface area contributed by atoms with Crippen LogP contribution in [0.1, 0.15) is 31.4 Å². The first-order chi connectivity index (χ1) is 21.1. The van der Waals surface area contributed by atoms with Gasteiger partial charge in [0.25, 0.3) is 10.0 Å². The summed E-state index contributed by atoms with van der Waals surface area (Å²) in [7, 11) is -4.19. The number of sulfonamides is 1. The van der Waals surface area contributed by atoms with Crippen molar-refractivity contribution in [3.05, 3.63) is 130 Å². The van der Waals surface area contributed by atoms with Gasteiger partial charge in [-0.3, -0.25) is 13.9 Å². The molecule has 4 aromatic carbocycles. The molecule has 0 fully saturated rings. The Hall–Kier alpha value is -3.66. The Morgan fingerprint density at radius 1 is 0.864 bits per heavy atom. The molecule has 7 nitrogen and oxygen atoms in total. The van der Waals surface area contributed by atoms with Crippen LogP contribution in [-0.2, 0) is 32.6 Å². The van der Waals surface area contributed by atoms with Gasteiger partial charge < -0.3 is 10.2 Å². The van der Waals surface area contributed by atoms with Gasteiger partial charge in [-0.2, -0.15) is 0 Å². The van der Waals surface area contributed by atoms with E-state index in [2.05, 4.69) is 21.2 Å². The van der Waals surface area contributed by atoms with Crippen molar-refractivity contribution in [3.63, 3.8) is 0 Å². The van der Waals surface area contributed by atoms with E-state index in [1.54, 1.807) is 36.4 Å². The summed E-state index contributed by atoms with van der Waals surface area (Å²) in [5.41, 5.74) is 1.88. The highest BCUT2D eigenvalue weighted by molar-refractivity contribution is 9.10. The molecule has 4 rings (SSSR count). The van der Waals surface area contributed by atoms with E-state index >= 15 is 0 Å². The lowest BCUT2D eigenvalue weighted by molar-refractivity contribution is -0.140. The molecule has 0 heterocycles. The van der Waals surface area contributed by atoms with Crippen LogP contribution in [0.15, 0.2) is 119 Å². The zero-order valence-corrected chi connectivity index (χ0v) is 27.7. The predicted octanol–water partition coefficient (Wildman–Crippen LogP) is 6.85. The first-order valence-electron chi connectivity index (χ1n) is 14.3. The van der Waals surface area contributed by atoms with Gasteiger partial charge >= 0.3 is 0 Å². The molecule has 44 heavy (non-hydrogen) atoms. The van der Waals surface area contributed by atoms with E-state index in [1.807, 2.05) is 68.4 Å². The van der Waals surface area contributed by atoms with Crippen LogP contribution in [0.2, 0.25) is 5.02 Å². The Balaban J connectivity index is 1.80. The number of hydrogen-bond acceptors (Lipinski definition) is 4. The Morgan fingerprint density at radius 3 is 2.14 bits per heavy atom. The molecule has 2 amide bonds. The highest BCUT2D eigenvalue weighted by Gasteiger charge is 2.35. The number of carbonyl (C=O) groups excluding carboxylic acids is 2. The third-order valence-corrected chi connectivity index (χ3v) is 9.74. The van der Waals surface area contributed by atoms with E-state index in [0.717, 1.165) is 19.9 Å². The molecule has 0 spiro atoms. The second-order valence-electron chi connectivity index (χ2n) is 10.5. The second-order valence-corrected chi connectivity index (χ2v) is 13.7. The number of hydrogen-bond donors (Lipinski definition) is 1. The summed E-state index contributed by atoms with van der Waals surface area (Å²) in [6.07, 6.45) is 0.951. The van der Waals surface area contributed by atoms with Gasteiger partial charge in [-0.25, -0.2) is 8.42 Å². The van der Waals surface area contributed by atoms with Crippen LogP contribution in [0, 0.1) is 0 Å². The molecule has 0 saturated heterocycles. The standard InChI is InChI=1S/C34H35BrClN3O4S/c1-3-25(2)37-34(41)32(21-26-12-6-4-7-13-26)38(23-27-14-10-15-28(35)20-27)33(40)24-39(30-17-11-16-29(36)22-30)44(42,43)31-18-8-5-9-19-31/h4-20,22,25,32H,3,21,23-24H2,1-2H3,(H,37,41)/t25-,32+/m0/s1. The van der Waals surface area contributed by atoms with Crippen molar-refractivity contribution in [2.75, 3.05) is 10.8 Å². The third kappa shape index (κ3) is 8.71. The van der Waals surface area contributed by atoms with Gasteiger partial charge in [0.1, 0.15) is 12.6 Å². The maximum absolute atomic E-state index is 14.5. The summed E-state index contributed by atoms with van der Waals surface area (Å²) in [5, 5.41) is 3.36. The monoisotopic (exact) mass is 695 g/mol. The van der Waals surface area contributed by atoms with Crippen molar-refractivity contribution in [1.29, 1.82) is 0 Å². The van der Waals surface area contributed by atoms with Gasteiger partial charge in [-0.05, 0) is 66.9 Å². The highest BCUT2D eigenvalue weighted by atomic mass is 79.9. The smallest absolute Gasteiger partial charge is 0.264 e. The lowest BCUT2D eigenvalue weighted by Gasteiger charge is -2.34. The van der Waals surface area contributed by atoms with Gasteiger partial charge in [0, 0.05) is 28.5 Å². The van der Waals surface area contributed by atoms with Crippen LogP contribution < -0.4 is 9.62 Å². The predicted molar refractivity (Wildman–Crippen MR) is 179 cm³/mol. The summed E-state index contributed by atoms with van der Waals surface area (Å²) in [5.74, 6) is -0.850. The minimum atomic E-state index is -4.19. The minimum absolute atomic E-state index is 0.0293. The number of anilines is 1. The van der Waals surface area contributed by atoms with Gasteiger partial charge in [0.2, 0.25) is 11.8 Å². The van der Waals surface area contributed by atoms with E-state index in [-0.39, 0.29) is 35.5 Å². The number of amides is 2. The Bertz CT molecular complexity index is 1670. The summed E-state index contributed by atoms with van der Waals surface area (Å²) in [4.78, 5) is 29.8. The number of carbonyl (C=O) groups is 2. The molecule has 1 N–H and O–H groups in total. The van der Waals surface area contributed by atoms with Crippen LogP contribution in [0.25, 0.3) is 0 Å². The molecule has 230 valence electrons. The number of benzene rings is 4. The highest BCUT2D eigenvalue weighted by Crippen LogP contribution is 2.27. The minimum Gasteiger partial charge on any atom is -0.352 e. The maximum atomic E-state index is 14.5. The van der Waals surface area contributed by atoms with Crippen LogP contribution in [0.4, 0.5) is 5.69 Å². The van der Waals surface area contributed by atoms with Crippen molar-refractivity contribution in [2.24, 2.45) is 0 Å². The fourth-order valence-electron chi connectivity index (χ4n) is 4.71. The van der Waals surface area contributed by atoms with Gasteiger partial charge in [0.15, 0.2) is 0 Å². The Morgan fingerprint density at radius 2 is 1.50 bits per heavy atom. The van der Waals surface area contributed by atoms with Crippen molar-refractivity contribution in [3.8, 4) is 0 Å². The van der Waals surface area contributed by atoms with Crippen LogP contribution in [0.3, 0.4) is 0 Å². The molecular formula is C34H35BrClN3O4S. The zero-order chi connectivity index (χ0) is 31.7. The average molecular weight is 697 g/mol. The summed E-state index contributed by atoms with van der Waals surface area (Å²) in [6, 6.07) is 30.2. The zero-order valence-electron chi connectivity index (χ0n) is 24.6. The molecule has 0 bridgehead atoms. The average Bonchev–Trinajstić information content (AvgIpc) is 3.02. The quantitative estimate of drug-likeness (QED) is 0.166. The molecule has 0 aliphatic carbocycles. The van der Waals surface area contributed by atoms with E-state index in [9.17, 15) is 18.0 Å². The van der Waals surface area contributed by atoms with E-state index in [0.29, 0.717) is 11.4 Å². The second kappa shape index (κ2) is 15.4. The van der Waals surface area contributed by atoms with Crippen molar-refractivity contribution >= 4 is 55.1 Å². The van der Waals surface area contributed by atoms with Crippen molar-refractivity contribution in [2.45, 2.75) is 50.2 Å². The number of rotatable bonds is 13. The molecule has 0 saturated carbocycles. The number of nitrogens with zero attached hydrogens (tertiary/aromatic N) is 2. The third-order valence-electron chi connectivity index (χ3n) is 7.22. The molecule has 2 atom stereocenters. The molecule has 0 aromatic heterocycles. The topological polar surface area (TPSA) is 86.8 Å². The normalized spacial score (nSPS) is 12.6. The van der Waals surface area contributed by atoms with Crippen LogP contribution >= 0.6 is 27.5 Å². The Kier molecular flexibility index (Phi) is 11.6. The largest absolute Gasteiger partial charge is 0.352 e. The summed E-state index contributed by atoms with van der Waals surface area (Å²) >= 11 is 9.77. The summed E-state index contributed by atoms with van der Waals surface area (Å²) < 4.78 is 29.9.